The van der Waals surface area contributed by atoms with Gasteiger partial charge >= 0.3 is 0 Å². The molecule has 3 atom stereocenters. The highest BCUT2D eigenvalue weighted by Gasteiger charge is 2.37. The van der Waals surface area contributed by atoms with Gasteiger partial charge in [-0.15, -0.1) is 0 Å². The van der Waals surface area contributed by atoms with Gasteiger partial charge in [0.05, 0.1) is 6.04 Å². The summed E-state index contributed by atoms with van der Waals surface area (Å²) in [5.41, 5.74) is 15.7. The molecule has 0 saturated carbocycles. The molecule has 11 aromatic carbocycles. The van der Waals surface area contributed by atoms with Crippen molar-refractivity contribution in [1.82, 2.24) is 0 Å². The average molecular weight is 852 g/mol. The molecule has 1 heterocycles. The monoisotopic (exact) mass is 851 g/mol. The molecular formula is C66H45N. The maximum atomic E-state index is 2.55. The Balaban J connectivity index is 0.977. The van der Waals surface area contributed by atoms with Crippen molar-refractivity contribution in [2.24, 2.45) is 0 Å². The highest BCUT2D eigenvalue weighted by molar-refractivity contribution is 6.16. The van der Waals surface area contributed by atoms with Crippen LogP contribution >= 0.6 is 0 Å². The van der Waals surface area contributed by atoms with Crippen LogP contribution in [0.5, 0.6) is 0 Å². The van der Waals surface area contributed by atoms with E-state index in [1.54, 1.807) is 0 Å². The zero-order valence-corrected chi connectivity index (χ0v) is 37.0. The van der Waals surface area contributed by atoms with E-state index in [4.69, 9.17) is 0 Å². The number of allylic oxidation sites excluding steroid dienone is 3. The van der Waals surface area contributed by atoms with Crippen LogP contribution in [-0.4, -0.2) is 6.04 Å². The third-order valence-corrected chi connectivity index (χ3v) is 15.1. The minimum Gasteiger partial charge on any atom is -0.333 e. The van der Waals surface area contributed by atoms with Gasteiger partial charge in [-0.3, -0.25) is 0 Å². The number of anilines is 2. The summed E-state index contributed by atoms with van der Waals surface area (Å²) in [7, 11) is 0. The van der Waals surface area contributed by atoms with Crippen molar-refractivity contribution in [2.75, 3.05) is 4.90 Å². The summed E-state index contributed by atoms with van der Waals surface area (Å²) in [5.74, 6) is 0.472. The van der Waals surface area contributed by atoms with Gasteiger partial charge in [-0.05, 0) is 146 Å². The molecule has 0 saturated heterocycles. The standard InChI is InChI=1S/C66H45N/c1-3-18-44-38-47(34-32-42(44)16-1)64-57-28-9-10-29-58(57)66(48-35-33-43-17-2-4-19-45(43)39-48)60-41-49(36-37-59(60)64)65-55-26-7-5-24-53(55)63(54-25-6-8-27-56(54)65)46-20-15-21-50(40-46)67-61-30-13-11-22-51(61)52-23-12-14-31-62(52)67/h1-40,49,51,61H,41H2. The molecule has 3 unspecified atom stereocenters. The first-order chi connectivity index (χ1) is 33.2. The van der Waals surface area contributed by atoms with Crippen molar-refractivity contribution in [3.8, 4) is 33.4 Å². The van der Waals surface area contributed by atoms with Crippen molar-refractivity contribution in [3.63, 3.8) is 0 Å². The SMILES string of the molecule is C1=CC2c3ccccc3N(c3cccc(-c4c5ccccc5c(C5C=Cc6c(c(-c7ccc8ccccc8c7)c7ccccc7c6-c6ccc7ccccc7c6)C5)c5ccccc45)c3)C2C=C1. The van der Waals surface area contributed by atoms with E-state index in [1.165, 1.54) is 121 Å². The van der Waals surface area contributed by atoms with Gasteiger partial charge < -0.3 is 4.90 Å². The molecule has 67 heavy (non-hydrogen) atoms. The molecule has 3 aliphatic rings. The number of para-hydroxylation sites is 1. The molecule has 0 radical (unpaired) electrons. The maximum Gasteiger partial charge on any atom is 0.0629 e. The van der Waals surface area contributed by atoms with E-state index in [0.717, 1.165) is 6.42 Å². The van der Waals surface area contributed by atoms with Gasteiger partial charge in [-0.2, -0.15) is 0 Å². The maximum absolute atomic E-state index is 2.55. The lowest BCUT2D eigenvalue weighted by Gasteiger charge is -2.30. The van der Waals surface area contributed by atoms with E-state index in [9.17, 15) is 0 Å². The van der Waals surface area contributed by atoms with Crippen molar-refractivity contribution < 1.29 is 0 Å². The van der Waals surface area contributed by atoms with Crippen LogP contribution < -0.4 is 4.90 Å². The summed E-state index contributed by atoms with van der Waals surface area (Å²) >= 11 is 0. The molecule has 0 aromatic heterocycles. The van der Waals surface area contributed by atoms with Crippen LogP contribution in [0.3, 0.4) is 0 Å². The first kappa shape index (κ1) is 38.1. The Bertz CT molecular complexity index is 3880. The average Bonchev–Trinajstić information content (AvgIpc) is 3.73. The summed E-state index contributed by atoms with van der Waals surface area (Å²) in [6.07, 6.45) is 15.0. The molecule has 0 amide bonds. The molecule has 314 valence electrons. The van der Waals surface area contributed by atoms with Gasteiger partial charge in [0.15, 0.2) is 0 Å². The van der Waals surface area contributed by atoms with Gasteiger partial charge in [0, 0.05) is 23.2 Å². The van der Waals surface area contributed by atoms with Crippen molar-refractivity contribution >= 4 is 71.3 Å². The Labute approximate surface area is 390 Å². The second kappa shape index (κ2) is 15.2. The predicted molar refractivity (Wildman–Crippen MR) is 286 cm³/mol. The van der Waals surface area contributed by atoms with E-state index in [0.29, 0.717) is 5.92 Å². The van der Waals surface area contributed by atoms with Crippen LogP contribution in [0.15, 0.2) is 237 Å². The van der Waals surface area contributed by atoms with Gasteiger partial charge in [-0.1, -0.05) is 212 Å². The van der Waals surface area contributed by atoms with E-state index < -0.39 is 0 Å². The van der Waals surface area contributed by atoms with E-state index in [2.05, 4.69) is 248 Å². The predicted octanol–water partition coefficient (Wildman–Crippen LogP) is 17.5. The minimum atomic E-state index is 0.136. The number of hydrogen-bond acceptors (Lipinski definition) is 1. The number of nitrogens with zero attached hydrogens (tertiary/aromatic N) is 1. The second-order valence-corrected chi connectivity index (χ2v) is 18.6. The van der Waals surface area contributed by atoms with E-state index >= 15 is 0 Å². The Kier molecular flexibility index (Phi) is 8.61. The Morgan fingerprint density at radius 3 is 1.61 bits per heavy atom. The van der Waals surface area contributed by atoms with Crippen LogP contribution in [-0.2, 0) is 6.42 Å². The number of benzene rings is 11. The third kappa shape index (κ3) is 5.94. The van der Waals surface area contributed by atoms with Gasteiger partial charge in [0.1, 0.15) is 0 Å². The second-order valence-electron chi connectivity index (χ2n) is 18.6. The summed E-state index contributed by atoms with van der Waals surface area (Å²) in [4.78, 5) is 2.55. The summed E-state index contributed by atoms with van der Waals surface area (Å²) in [6, 6.07) is 77.6. The minimum absolute atomic E-state index is 0.136. The van der Waals surface area contributed by atoms with E-state index in [-0.39, 0.29) is 12.0 Å². The highest BCUT2D eigenvalue weighted by atomic mass is 15.2. The van der Waals surface area contributed by atoms with Crippen LogP contribution in [0, 0.1) is 0 Å². The molecule has 0 spiro atoms. The number of hydrogen-bond donors (Lipinski definition) is 0. The first-order valence-electron chi connectivity index (χ1n) is 23.8. The molecular weight excluding hydrogens is 807 g/mol. The molecule has 2 aliphatic carbocycles. The number of fused-ring (bicyclic) bond motifs is 9. The van der Waals surface area contributed by atoms with Crippen LogP contribution in [0.1, 0.15) is 34.1 Å². The van der Waals surface area contributed by atoms with Gasteiger partial charge in [0.2, 0.25) is 0 Å². The lowest BCUT2D eigenvalue weighted by Crippen LogP contribution is -2.28. The van der Waals surface area contributed by atoms with Gasteiger partial charge in [0.25, 0.3) is 0 Å². The Morgan fingerprint density at radius 2 is 0.925 bits per heavy atom. The van der Waals surface area contributed by atoms with Gasteiger partial charge in [-0.25, -0.2) is 0 Å². The molecule has 0 fully saturated rings. The Morgan fingerprint density at radius 1 is 0.388 bits per heavy atom. The fourth-order valence-electron chi connectivity index (χ4n) is 12.2. The molecule has 14 rings (SSSR count). The molecule has 1 aliphatic heterocycles. The lowest BCUT2D eigenvalue weighted by atomic mass is 9.74. The first-order valence-corrected chi connectivity index (χ1v) is 23.8. The zero-order valence-electron chi connectivity index (χ0n) is 37.0. The third-order valence-electron chi connectivity index (χ3n) is 15.1. The van der Waals surface area contributed by atoms with Crippen molar-refractivity contribution in [2.45, 2.75) is 24.3 Å². The molecule has 1 nitrogen and oxygen atoms in total. The van der Waals surface area contributed by atoms with Crippen LogP contribution in [0.25, 0.3) is 93.3 Å². The largest absolute Gasteiger partial charge is 0.333 e. The van der Waals surface area contributed by atoms with Crippen molar-refractivity contribution in [1.29, 1.82) is 0 Å². The van der Waals surface area contributed by atoms with E-state index in [1.807, 2.05) is 0 Å². The molecule has 0 bridgehead atoms. The zero-order chi connectivity index (χ0) is 44.0. The molecule has 1 heteroatoms. The van der Waals surface area contributed by atoms with Crippen LogP contribution in [0.2, 0.25) is 0 Å². The molecule has 11 aromatic rings. The quantitative estimate of drug-likeness (QED) is 0.156. The normalized spacial score (nSPS) is 17.1. The summed E-state index contributed by atoms with van der Waals surface area (Å²) in [6.45, 7) is 0. The summed E-state index contributed by atoms with van der Waals surface area (Å²) < 4.78 is 0. The molecule has 0 N–H and O–H groups in total. The number of rotatable bonds is 5. The highest BCUT2D eigenvalue weighted by Crippen LogP contribution is 2.52. The summed E-state index contributed by atoms with van der Waals surface area (Å²) in [5, 5.41) is 12.8. The Hall–Kier alpha value is -8.26. The topological polar surface area (TPSA) is 3.24 Å². The van der Waals surface area contributed by atoms with Crippen molar-refractivity contribution in [3.05, 3.63) is 259 Å². The fraction of sp³-hybridized carbons (Fsp3) is 0.0606. The fourth-order valence-corrected chi connectivity index (χ4v) is 12.2. The smallest absolute Gasteiger partial charge is 0.0629 e. The lowest BCUT2D eigenvalue weighted by molar-refractivity contribution is 0.745. The van der Waals surface area contributed by atoms with Crippen LogP contribution in [0.4, 0.5) is 11.4 Å².